The molecule has 1 aromatic carbocycles. The van der Waals surface area contributed by atoms with Crippen molar-refractivity contribution in [3.05, 3.63) is 59.3 Å². The first kappa shape index (κ1) is 44.2. The van der Waals surface area contributed by atoms with E-state index in [4.69, 9.17) is 0 Å². The van der Waals surface area contributed by atoms with Gasteiger partial charge in [0.1, 0.15) is 0 Å². The summed E-state index contributed by atoms with van der Waals surface area (Å²) in [5, 5.41) is 3.31. The molecule has 0 aliphatic heterocycles. The Bertz CT molecular complexity index is 871. The number of aryl methyl sites for hydroxylation is 1. The van der Waals surface area contributed by atoms with Crippen LogP contribution in [0.15, 0.2) is 42.6 Å². The summed E-state index contributed by atoms with van der Waals surface area (Å²) >= 11 is 0. The zero-order valence-corrected chi connectivity index (χ0v) is 30.2. The van der Waals surface area contributed by atoms with E-state index in [0.717, 1.165) is 36.9 Å². The van der Waals surface area contributed by atoms with Crippen molar-refractivity contribution in [1.29, 1.82) is 0 Å². The van der Waals surface area contributed by atoms with E-state index in [2.05, 4.69) is 39.6 Å². The Kier molecular flexibility index (Phi) is 29.8. The lowest BCUT2D eigenvalue weighted by Crippen LogP contribution is -2.15. The summed E-state index contributed by atoms with van der Waals surface area (Å²) < 4.78 is 42.2. The highest BCUT2D eigenvalue weighted by Crippen LogP contribution is 2.40. The van der Waals surface area contributed by atoms with Crippen LogP contribution in [0.2, 0.25) is 0 Å². The lowest BCUT2D eigenvalue weighted by atomic mass is 9.87. The second-order valence-corrected chi connectivity index (χ2v) is 11.9. The number of hydrogen-bond acceptors (Lipinski definition) is 1. The number of alkyl halides is 3. The predicted molar refractivity (Wildman–Crippen MR) is 193 cm³/mol. The standard InChI is InChI=1S/C28H42F3N.C10H22.C2H6/c1-6-8-10-11-12-13-14-19-32-21-23(5)25-18-15-17-24(16-9-7-2)27(25)26(20-22(3)4)28(29,30)31;1-3-5-7-9-10-8-6-4-2;1-2/h15,17-18,20-21,32H,3,6-14,16,19H2,1-2,4-5H3;3-10H2,1-2H3;1-2H3/b23-21-,26-20+;;. The second-order valence-electron chi connectivity index (χ2n) is 11.9. The number of nitrogens with one attached hydrogen (secondary N) is 1. The van der Waals surface area contributed by atoms with Gasteiger partial charge in [-0.2, -0.15) is 13.2 Å². The van der Waals surface area contributed by atoms with E-state index in [1.165, 1.54) is 96.0 Å². The third kappa shape index (κ3) is 22.5. The van der Waals surface area contributed by atoms with E-state index in [0.29, 0.717) is 23.1 Å². The van der Waals surface area contributed by atoms with Gasteiger partial charge in [0.15, 0.2) is 0 Å². The van der Waals surface area contributed by atoms with Crippen LogP contribution in [0.4, 0.5) is 13.2 Å². The van der Waals surface area contributed by atoms with Gasteiger partial charge in [0.2, 0.25) is 0 Å². The van der Waals surface area contributed by atoms with E-state index in [-0.39, 0.29) is 0 Å². The molecule has 0 saturated carbocycles. The fourth-order valence-corrected chi connectivity index (χ4v) is 5.06. The zero-order valence-electron chi connectivity index (χ0n) is 30.2. The molecule has 0 saturated heterocycles. The molecule has 256 valence electrons. The van der Waals surface area contributed by atoms with Crippen LogP contribution in [-0.4, -0.2) is 12.7 Å². The van der Waals surface area contributed by atoms with Crippen LogP contribution in [0, 0.1) is 0 Å². The van der Waals surface area contributed by atoms with Gasteiger partial charge in [0.05, 0.1) is 5.57 Å². The molecule has 0 heterocycles. The molecule has 0 spiro atoms. The molecule has 0 unspecified atom stereocenters. The molecule has 1 rings (SSSR count). The fraction of sp³-hybridized carbons (Fsp3) is 0.700. The van der Waals surface area contributed by atoms with Gasteiger partial charge in [-0.25, -0.2) is 0 Å². The summed E-state index contributed by atoms with van der Waals surface area (Å²) in [6.45, 7) is 20.8. The molecule has 1 nitrogen and oxygen atoms in total. The first-order valence-corrected chi connectivity index (χ1v) is 18.1. The minimum atomic E-state index is -4.44. The van der Waals surface area contributed by atoms with Crippen molar-refractivity contribution in [2.75, 3.05) is 6.54 Å². The molecule has 0 bridgehead atoms. The molecule has 1 aromatic rings. The minimum absolute atomic E-state index is 0.294. The fourth-order valence-electron chi connectivity index (χ4n) is 5.06. The van der Waals surface area contributed by atoms with Gasteiger partial charge in [0.25, 0.3) is 0 Å². The molecular weight excluding hydrogens is 551 g/mol. The van der Waals surface area contributed by atoms with E-state index in [1.807, 2.05) is 39.1 Å². The minimum Gasteiger partial charge on any atom is -0.391 e. The Labute approximate surface area is 272 Å². The number of hydrogen-bond donors (Lipinski definition) is 1. The van der Waals surface area contributed by atoms with E-state index in [9.17, 15) is 13.2 Å². The maximum absolute atomic E-state index is 14.1. The summed E-state index contributed by atoms with van der Waals surface area (Å²) in [5.41, 5.74) is 2.28. The van der Waals surface area contributed by atoms with Gasteiger partial charge in [-0.15, -0.1) is 0 Å². The first-order valence-electron chi connectivity index (χ1n) is 18.1. The van der Waals surface area contributed by atoms with Crippen LogP contribution in [-0.2, 0) is 6.42 Å². The molecule has 0 radical (unpaired) electrons. The van der Waals surface area contributed by atoms with Gasteiger partial charge < -0.3 is 5.32 Å². The molecule has 0 amide bonds. The van der Waals surface area contributed by atoms with Gasteiger partial charge in [-0.05, 0) is 67.6 Å². The molecular formula is C40H70F3N. The average Bonchev–Trinajstić information content (AvgIpc) is 3.00. The number of halogens is 3. The van der Waals surface area contributed by atoms with Crippen LogP contribution in [0.1, 0.15) is 181 Å². The van der Waals surface area contributed by atoms with Crippen molar-refractivity contribution in [2.24, 2.45) is 0 Å². The second kappa shape index (κ2) is 29.7. The SMILES string of the molecule is C=C(C)/C=C(\c1c(CCCC)cccc1/C(C)=C\NCCCCCCCCC)C(F)(F)F.CC.CCCCCCCCCC. The van der Waals surface area contributed by atoms with Crippen molar-refractivity contribution in [1.82, 2.24) is 5.32 Å². The number of rotatable bonds is 22. The normalized spacial score (nSPS) is 11.8. The van der Waals surface area contributed by atoms with E-state index >= 15 is 0 Å². The predicted octanol–water partition coefficient (Wildman–Crippen LogP) is 14.4. The van der Waals surface area contributed by atoms with Gasteiger partial charge >= 0.3 is 6.18 Å². The molecule has 0 aliphatic carbocycles. The van der Waals surface area contributed by atoms with Crippen LogP contribution in [0.5, 0.6) is 0 Å². The largest absolute Gasteiger partial charge is 0.417 e. The van der Waals surface area contributed by atoms with Crippen molar-refractivity contribution in [3.63, 3.8) is 0 Å². The molecule has 0 atom stereocenters. The Balaban J connectivity index is 0. The van der Waals surface area contributed by atoms with Crippen molar-refractivity contribution in [2.45, 2.75) is 177 Å². The zero-order chi connectivity index (χ0) is 33.6. The van der Waals surface area contributed by atoms with Gasteiger partial charge in [-0.1, -0.05) is 168 Å². The Morgan fingerprint density at radius 2 is 1.16 bits per heavy atom. The van der Waals surface area contributed by atoms with Crippen molar-refractivity contribution >= 4 is 11.1 Å². The Hall–Kier alpha value is -1.97. The summed E-state index contributed by atoms with van der Waals surface area (Å²) in [5.74, 6) is 0. The van der Waals surface area contributed by atoms with Crippen molar-refractivity contribution < 1.29 is 13.2 Å². The van der Waals surface area contributed by atoms with Gasteiger partial charge in [-0.3, -0.25) is 0 Å². The highest BCUT2D eigenvalue weighted by Gasteiger charge is 2.37. The van der Waals surface area contributed by atoms with Crippen LogP contribution >= 0.6 is 0 Å². The lowest BCUT2D eigenvalue weighted by Gasteiger charge is -2.21. The molecule has 0 fully saturated rings. The third-order valence-electron chi connectivity index (χ3n) is 7.54. The highest BCUT2D eigenvalue weighted by atomic mass is 19.4. The van der Waals surface area contributed by atoms with Crippen LogP contribution < -0.4 is 5.32 Å². The lowest BCUT2D eigenvalue weighted by molar-refractivity contribution is -0.0690. The third-order valence-corrected chi connectivity index (χ3v) is 7.54. The smallest absolute Gasteiger partial charge is 0.391 e. The summed E-state index contributed by atoms with van der Waals surface area (Å²) in [7, 11) is 0. The van der Waals surface area contributed by atoms with Crippen LogP contribution in [0.25, 0.3) is 11.1 Å². The highest BCUT2D eigenvalue weighted by molar-refractivity contribution is 5.83. The molecule has 4 heteroatoms. The molecule has 0 aliphatic rings. The maximum Gasteiger partial charge on any atom is 0.417 e. The molecule has 0 aromatic heterocycles. The topological polar surface area (TPSA) is 12.0 Å². The maximum atomic E-state index is 14.1. The van der Waals surface area contributed by atoms with Crippen molar-refractivity contribution in [3.8, 4) is 0 Å². The number of unbranched alkanes of at least 4 members (excludes halogenated alkanes) is 14. The summed E-state index contributed by atoms with van der Waals surface area (Å²) in [6.07, 6.45) is 21.1. The first-order chi connectivity index (χ1) is 21.1. The van der Waals surface area contributed by atoms with E-state index < -0.39 is 11.7 Å². The summed E-state index contributed by atoms with van der Waals surface area (Å²) in [4.78, 5) is 0. The number of allylic oxidation sites excluding steroid dienone is 4. The quantitative estimate of drug-likeness (QED) is 0.100. The monoisotopic (exact) mass is 622 g/mol. The molecule has 1 N–H and O–H groups in total. The summed E-state index contributed by atoms with van der Waals surface area (Å²) in [6, 6.07) is 5.49. The average molecular weight is 622 g/mol. The van der Waals surface area contributed by atoms with Gasteiger partial charge in [0, 0.05) is 6.54 Å². The molecule has 44 heavy (non-hydrogen) atoms. The Morgan fingerprint density at radius 1 is 0.705 bits per heavy atom. The Morgan fingerprint density at radius 3 is 1.59 bits per heavy atom. The van der Waals surface area contributed by atoms with E-state index in [1.54, 1.807) is 13.0 Å². The number of benzene rings is 1. The van der Waals surface area contributed by atoms with Crippen LogP contribution in [0.3, 0.4) is 0 Å².